The first-order valence-corrected chi connectivity index (χ1v) is 5.23. The Morgan fingerprint density at radius 2 is 2.00 bits per heavy atom. The minimum absolute atomic E-state index is 0.0129. The molecule has 0 aliphatic rings. The van der Waals surface area contributed by atoms with Gasteiger partial charge in [-0.05, 0) is 49.5 Å². The highest BCUT2D eigenvalue weighted by molar-refractivity contribution is 9.11. The second kappa shape index (κ2) is 4.63. The summed E-state index contributed by atoms with van der Waals surface area (Å²) >= 11 is 11.0. The lowest BCUT2D eigenvalue weighted by Crippen LogP contribution is -1.98. The topological polar surface area (TPSA) is 30.0 Å². The van der Waals surface area contributed by atoms with E-state index >= 15 is 0 Å². The van der Waals surface area contributed by atoms with E-state index in [1.807, 2.05) is 0 Å². The van der Waals surface area contributed by atoms with Crippen molar-refractivity contribution in [2.45, 2.75) is 6.43 Å². The number of rotatable bonds is 2. The summed E-state index contributed by atoms with van der Waals surface area (Å²) in [4.78, 5) is 14.5. The van der Waals surface area contributed by atoms with E-state index < -0.39 is 11.7 Å². The molecule has 0 amide bonds. The standard InChI is InChI=1S/C7H2Br2ClF2NO/c8-4-2(6(10)14)1-3(7(11)12)5(9)13-4/h1,7H. The molecule has 1 rings (SSSR count). The van der Waals surface area contributed by atoms with Crippen molar-refractivity contribution in [1.29, 1.82) is 0 Å². The Kier molecular flexibility index (Phi) is 3.97. The van der Waals surface area contributed by atoms with Crippen molar-refractivity contribution < 1.29 is 13.6 Å². The molecule has 0 bridgehead atoms. The van der Waals surface area contributed by atoms with Gasteiger partial charge in [-0.3, -0.25) is 4.79 Å². The molecular weight excluding hydrogens is 347 g/mol. The van der Waals surface area contributed by atoms with E-state index in [0.29, 0.717) is 0 Å². The lowest BCUT2D eigenvalue weighted by molar-refractivity contribution is 0.107. The monoisotopic (exact) mass is 347 g/mol. The van der Waals surface area contributed by atoms with E-state index in [-0.39, 0.29) is 20.3 Å². The lowest BCUT2D eigenvalue weighted by Gasteiger charge is -2.05. The maximum atomic E-state index is 12.4. The summed E-state index contributed by atoms with van der Waals surface area (Å²) in [5.41, 5.74) is -0.442. The van der Waals surface area contributed by atoms with Crippen LogP contribution >= 0.6 is 43.5 Å². The molecule has 7 heteroatoms. The molecule has 0 saturated heterocycles. The average molecular weight is 349 g/mol. The summed E-state index contributed by atoms with van der Waals surface area (Å²) < 4.78 is 24.8. The number of aromatic nitrogens is 1. The van der Waals surface area contributed by atoms with Crippen LogP contribution in [-0.2, 0) is 0 Å². The third kappa shape index (κ3) is 2.49. The van der Waals surface area contributed by atoms with E-state index in [0.717, 1.165) is 6.07 Å². The maximum Gasteiger partial charge on any atom is 0.266 e. The van der Waals surface area contributed by atoms with Gasteiger partial charge >= 0.3 is 0 Å². The van der Waals surface area contributed by atoms with Gasteiger partial charge in [-0.1, -0.05) is 0 Å². The van der Waals surface area contributed by atoms with E-state index in [1.165, 1.54) is 0 Å². The van der Waals surface area contributed by atoms with Crippen molar-refractivity contribution >= 4 is 48.7 Å². The van der Waals surface area contributed by atoms with Crippen LogP contribution in [0.4, 0.5) is 8.78 Å². The molecule has 0 aromatic carbocycles. The molecule has 0 fully saturated rings. The summed E-state index contributed by atoms with van der Waals surface area (Å²) in [6, 6.07) is 1.00. The van der Waals surface area contributed by atoms with E-state index in [4.69, 9.17) is 11.6 Å². The fraction of sp³-hybridized carbons (Fsp3) is 0.143. The average Bonchev–Trinajstić information content (AvgIpc) is 2.02. The van der Waals surface area contributed by atoms with Gasteiger partial charge in [-0.15, -0.1) is 0 Å². The van der Waals surface area contributed by atoms with E-state index in [1.54, 1.807) is 0 Å². The van der Waals surface area contributed by atoms with Crippen LogP contribution in [0, 0.1) is 0 Å². The quantitative estimate of drug-likeness (QED) is 0.598. The van der Waals surface area contributed by atoms with Crippen LogP contribution in [0.15, 0.2) is 15.3 Å². The fourth-order valence-corrected chi connectivity index (χ4v) is 2.21. The minimum Gasteiger partial charge on any atom is -0.276 e. The molecule has 0 N–H and O–H groups in total. The van der Waals surface area contributed by atoms with Gasteiger partial charge in [0.05, 0.1) is 11.1 Å². The Morgan fingerprint density at radius 3 is 2.43 bits per heavy atom. The number of carbonyl (C=O) groups is 1. The number of nitrogens with zero attached hydrogens (tertiary/aromatic N) is 1. The third-order valence-electron chi connectivity index (χ3n) is 1.40. The van der Waals surface area contributed by atoms with Gasteiger partial charge in [-0.25, -0.2) is 13.8 Å². The van der Waals surface area contributed by atoms with Gasteiger partial charge in [0.15, 0.2) is 0 Å². The molecule has 0 aliphatic carbocycles. The summed E-state index contributed by atoms with van der Waals surface area (Å²) in [6.07, 6.45) is -2.71. The first kappa shape index (κ1) is 12.0. The summed E-state index contributed by atoms with van der Waals surface area (Å²) in [6.45, 7) is 0. The molecule has 76 valence electrons. The second-order valence-electron chi connectivity index (χ2n) is 2.28. The zero-order valence-corrected chi connectivity index (χ0v) is 10.3. The number of alkyl halides is 2. The zero-order valence-electron chi connectivity index (χ0n) is 6.40. The SMILES string of the molecule is O=C(Cl)c1cc(C(F)F)c(Br)nc1Br. The smallest absolute Gasteiger partial charge is 0.266 e. The van der Waals surface area contributed by atoms with Crippen LogP contribution in [0.25, 0.3) is 0 Å². The van der Waals surface area contributed by atoms with Crippen molar-refractivity contribution in [2.24, 2.45) is 0 Å². The Morgan fingerprint density at radius 1 is 1.43 bits per heavy atom. The van der Waals surface area contributed by atoms with Gasteiger partial charge in [0, 0.05) is 0 Å². The first-order chi connectivity index (χ1) is 6.43. The zero-order chi connectivity index (χ0) is 10.9. The first-order valence-electron chi connectivity index (χ1n) is 3.27. The number of carbonyl (C=O) groups excluding carboxylic acids is 1. The maximum absolute atomic E-state index is 12.4. The van der Waals surface area contributed by atoms with Gasteiger partial charge in [0.2, 0.25) is 0 Å². The molecule has 0 radical (unpaired) electrons. The Balaban J connectivity index is 3.34. The highest BCUT2D eigenvalue weighted by Crippen LogP contribution is 2.30. The molecule has 1 heterocycles. The lowest BCUT2D eigenvalue weighted by atomic mass is 10.2. The van der Waals surface area contributed by atoms with Gasteiger partial charge in [-0.2, -0.15) is 0 Å². The van der Waals surface area contributed by atoms with Gasteiger partial charge in [0.25, 0.3) is 11.7 Å². The molecule has 0 unspecified atom stereocenters. The van der Waals surface area contributed by atoms with Crippen LogP contribution in [0.1, 0.15) is 22.3 Å². The van der Waals surface area contributed by atoms with Crippen molar-refractivity contribution in [3.63, 3.8) is 0 Å². The molecule has 0 aliphatic heterocycles. The van der Waals surface area contributed by atoms with Crippen LogP contribution in [0.3, 0.4) is 0 Å². The molecule has 2 nitrogen and oxygen atoms in total. The predicted octanol–water partition coefficient (Wildman–Crippen LogP) is 3.92. The number of halogens is 5. The van der Waals surface area contributed by atoms with Gasteiger partial charge < -0.3 is 0 Å². The fourth-order valence-electron chi connectivity index (χ4n) is 0.776. The van der Waals surface area contributed by atoms with Crippen LogP contribution in [0.2, 0.25) is 0 Å². The number of hydrogen-bond donors (Lipinski definition) is 0. The molecule has 0 spiro atoms. The minimum atomic E-state index is -2.71. The van der Waals surface area contributed by atoms with Crippen LogP contribution < -0.4 is 0 Å². The van der Waals surface area contributed by atoms with Crippen LogP contribution in [0.5, 0.6) is 0 Å². The molecule has 0 saturated carbocycles. The van der Waals surface area contributed by atoms with Gasteiger partial charge in [0.1, 0.15) is 9.21 Å². The highest BCUT2D eigenvalue weighted by atomic mass is 79.9. The molecule has 0 atom stereocenters. The molecule has 1 aromatic rings. The normalized spacial score (nSPS) is 10.7. The Hall–Kier alpha value is -0.0700. The van der Waals surface area contributed by atoms with Crippen molar-refractivity contribution in [3.05, 3.63) is 26.4 Å². The Labute approximate surface area is 99.9 Å². The Bertz CT molecular complexity index is 386. The van der Waals surface area contributed by atoms with E-state index in [9.17, 15) is 13.6 Å². The summed E-state index contributed by atoms with van der Waals surface area (Å²) in [5, 5.41) is -0.834. The highest BCUT2D eigenvalue weighted by Gasteiger charge is 2.18. The van der Waals surface area contributed by atoms with Crippen molar-refractivity contribution in [3.8, 4) is 0 Å². The summed E-state index contributed by atoms with van der Waals surface area (Å²) in [5.74, 6) is 0. The van der Waals surface area contributed by atoms with E-state index in [2.05, 4.69) is 36.8 Å². The van der Waals surface area contributed by atoms with Crippen molar-refractivity contribution in [1.82, 2.24) is 4.98 Å². The summed E-state index contributed by atoms with van der Waals surface area (Å²) in [7, 11) is 0. The largest absolute Gasteiger partial charge is 0.276 e. The molecule has 14 heavy (non-hydrogen) atoms. The van der Waals surface area contributed by atoms with Crippen molar-refractivity contribution in [2.75, 3.05) is 0 Å². The van der Waals surface area contributed by atoms with Crippen LogP contribution in [-0.4, -0.2) is 10.2 Å². The molecule has 1 aromatic heterocycles. The molecular formula is C7H2Br2ClF2NO. The second-order valence-corrected chi connectivity index (χ2v) is 4.13. The third-order valence-corrected chi connectivity index (χ3v) is 2.85. The number of hydrogen-bond acceptors (Lipinski definition) is 2. The predicted molar refractivity (Wildman–Crippen MR) is 54.8 cm³/mol. The number of pyridine rings is 1.